The summed E-state index contributed by atoms with van der Waals surface area (Å²) in [6, 6.07) is 4.79. The zero-order valence-electron chi connectivity index (χ0n) is 10.4. The van der Waals surface area contributed by atoms with E-state index >= 15 is 0 Å². The van der Waals surface area contributed by atoms with Gasteiger partial charge < -0.3 is 21.3 Å². The number of primary amides is 1. The van der Waals surface area contributed by atoms with Crippen LogP contribution in [0.3, 0.4) is 0 Å². The van der Waals surface area contributed by atoms with Crippen molar-refractivity contribution in [3.8, 4) is 5.75 Å². The minimum Gasteiger partial charge on any atom is -0.493 e. The largest absolute Gasteiger partial charge is 0.493 e. The number of nitrogen functional groups attached to an aromatic ring is 1. The van der Waals surface area contributed by atoms with Gasteiger partial charge in [0, 0.05) is 18.4 Å². The minimum atomic E-state index is -0.523. The summed E-state index contributed by atoms with van der Waals surface area (Å²) < 4.78 is 5.52. The summed E-state index contributed by atoms with van der Waals surface area (Å²) in [5.41, 5.74) is 11.8. The number of ether oxygens (including phenoxy) is 1. The molecule has 0 unspecified atom stereocenters. The van der Waals surface area contributed by atoms with E-state index in [1.54, 1.807) is 18.2 Å². The second kappa shape index (κ2) is 7.55. The number of rotatable bonds is 8. The van der Waals surface area contributed by atoms with E-state index in [0.29, 0.717) is 23.6 Å². The normalized spacial score (nSPS) is 10.3. The van der Waals surface area contributed by atoms with Gasteiger partial charge in [0.05, 0.1) is 12.2 Å². The van der Waals surface area contributed by atoms with Gasteiger partial charge in [-0.05, 0) is 31.4 Å². The maximum absolute atomic E-state index is 11.2. The van der Waals surface area contributed by atoms with Crippen LogP contribution >= 0.6 is 0 Å². The van der Waals surface area contributed by atoms with Crippen LogP contribution in [0.25, 0.3) is 0 Å². The van der Waals surface area contributed by atoms with Gasteiger partial charge in [0.25, 0.3) is 5.91 Å². The first kappa shape index (κ1) is 14.3. The number of hydrogen-bond donors (Lipinski definition) is 3. The van der Waals surface area contributed by atoms with Crippen LogP contribution in [0.5, 0.6) is 5.75 Å². The molecule has 0 heterocycles. The molecule has 1 amide bonds. The zero-order chi connectivity index (χ0) is 13.4. The van der Waals surface area contributed by atoms with E-state index in [-0.39, 0.29) is 6.61 Å². The van der Waals surface area contributed by atoms with Gasteiger partial charge in [0.15, 0.2) is 0 Å². The number of hydrogen-bond acceptors (Lipinski definition) is 4. The van der Waals surface area contributed by atoms with Crippen LogP contribution in [0.15, 0.2) is 18.2 Å². The maximum Gasteiger partial charge on any atom is 0.252 e. The monoisotopic (exact) mass is 252 g/mol. The van der Waals surface area contributed by atoms with Crippen molar-refractivity contribution in [1.82, 2.24) is 0 Å². The van der Waals surface area contributed by atoms with Gasteiger partial charge in [-0.2, -0.15) is 0 Å². The fraction of sp³-hybridized carbons (Fsp3) is 0.462. The number of anilines is 1. The number of aliphatic hydroxyl groups is 1. The third kappa shape index (κ3) is 4.63. The Kier molecular flexibility index (Phi) is 6.00. The highest BCUT2D eigenvalue weighted by atomic mass is 16.5. The average Bonchev–Trinajstić information content (AvgIpc) is 2.33. The van der Waals surface area contributed by atoms with Crippen molar-refractivity contribution in [1.29, 1.82) is 0 Å². The van der Waals surface area contributed by atoms with Crippen LogP contribution in [0.4, 0.5) is 5.69 Å². The molecule has 0 radical (unpaired) electrons. The summed E-state index contributed by atoms with van der Waals surface area (Å²) in [7, 11) is 0. The molecule has 0 aromatic heterocycles. The van der Waals surface area contributed by atoms with E-state index < -0.39 is 5.91 Å². The molecule has 0 aliphatic rings. The fourth-order valence-corrected chi connectivity index (χ4v) is 1.61. The second-order valence-electron chi connectivity index (χ2n) is 4.11. The molecule has 5 heteroatoms. The lowest BCUT2D eigenvalue weighted by atomic mass is 10.1. The summed E-state index contributed by atoms with van der Waals surface area (Å²) in [4.78, 5) is 11.2. The SMILES string of the molecule is NC(=O)c1ccc(N)cc1OCCCCCCO. The molecule has 0 atom stereocenters. The third-order valence-electron chi connectivity index (χ3n) is 2.58. The highest BCUT2D eigenvalue weighted by Gasteiger charge is 2.09. The Morgan fingerprint density at radius 1 is 1.22 bits per heavy atom. The Balaban J connectivity index is 2.45. The predicted molar refractivity (Wildman–Crippen MR) is 70.4 cm³/mol. The average molecular weight is 252 g/mol. The Morgan fingerprint density at radius 3 is 2.61 bits per heavy atom. The van der Waals surface area contributed by atoms with Crippen LogP contribution in [0.2, 0.25) is 0 Å². The molecule has 0 saturated carbocycles. The highest BCUT2D eigenvalue weighted by molar-refractivity contribution is 5.96. The quantitative estimate of drug-likeness (QED) is 0.479. The number of carbonyl (C=O) groups is 1. The first-order valence-corrected chi connectivity index (χ1v) is 6.08. The maximum atomic E-state index is 11.2. The molecule has 0 aliphatic heterocycles. The lowest BCUT2D eigenvalue weighted by Crippen LogP contribution is -2.13. The Labute approximate surface area is 107 Å². The van der Waals surface area contributed by atoms with Crippen LogP contribution in [-0.4, -0.2) is 24.2 Å². The van der Waals surface area contributed by atoms with E-state index in [2.05, 4.69) is 0 Å². The van der Waals surface area contributed by atoms with Crippen LogP contribution in [0.1, 0.15) is 36.0 Å². The van der Waals surface area contributed by atoms with Crippen LogP contribution in [-0.2, 0) is 0 Å². The van der Waals surface area contributed by atoms with Gasteiger partial charge >= 0.3 is 0 Å². The smallest absolute Gasteiger partial charge is 0.252 e. The lowest BCUT2D eigenvalue weighted by Gasteiger charge is -2.10. The van der Waals surface area contributed by atoms with Crippen molar-refractivity contribution in [2.45, 2.75) is 25.7 Å². The zero-order valence-corrected chi connectivity index (χ0v) is 10.4. The molecular weight excluding hydrogens is 232 g/mol. The number of amides is 1. The van der Waals surface area contributed by atoms with Gasteiger partial charge in [0.1, 0.15) is 5.75 Å². The first-order chi connectivity index (χ1) is 8.65. The standard InChI is InChI=1S/C13H20N2O3/c14-10-5-6-11(13(15)17)12(9-10)18-8-4-2-1-3-7-16/h5-6,9,16H,1-4,7-8,14H2,(H2,15,17). The van der Waals surface area contributed by atoms with Gasteiger partial charge in [-0.25, -0.2) is 0 Å². The first-order valence-electron chi connectivity index (χ1n) is 6.08. The Bertz CT molecular complexity index is 394. The third-order valence-corrected chi connectivity index (χ3v) is 2.58. The van der Waals surface area contributed by atoms with E-state index in [4.69, 9.17) is 21.3 Å². The molecule has 1 rings (SSSR count). The van der Waals surface area contributed by atoms with Crippen molar-refractivity contribution in [2.24, 2.45) is 5.73 Å². The summed E-state index contributed by atoms with van der Waals surface area (Å²) in [6.07, 6.45) is 3.63. The van der Waals surface area contributed by atoms with Crippen molar-refractivity contribution in [3.63, 3.8) is 0 Å². The number of nitrogens with two attached hydrogens (primary N) is 2. The van der Waals surface area contributed by atoms with E-state index in [1.807, 2.05) is 0 Å². The van der Waals surface area contributed by atoms with Crippen molar-refractivity contribution in [2.75, 3.05) is 18.9 Å². The molecule has 0 saturated heterocycles. The molecule has 0 bridgehead atoms. The van der Waals surface area contributed by atoms with Crippen molar-refractivity contribution < 1.29 is 14.6 Å². The molecule has 1 aromatic carbocycles. The second-order valence-corrected chi connectivity index (χ2v) is 4.11. The minimum absolute atomic E-state index is 0.224. The van der Waals surface area contributed by atoms with Gasteiger partial charge in [-0.3, -0.25) is 4.79 Å². The summed E-state index contributed by atoms with van der Waals surface area (Å²) in [5, 5.41) is 8.63. The molecule has 1 aromatic rings. The summed E-state index contributed by atoms with van der Waals surface area (Å²) in [5.74, 6) is -0.0880. The van der Waals surface area contributed by atoms with E-state index in [1.165, 1.54) is 0 Å². The van der Waals surface area contributed by atoms with Gasteiger partial charge in [-0.1, -0.05) is 6.42 Å². The highest BCUT2D eigenvalue weighted by Crippen LogP contribution is 2.21. The Morgan fingerprint density at radius 2 is 1.94 bits per heavy atom. The fourth-order valence-electron chi connectivity index (χ4n) is 1.61. The van der Waals surface area contributed by atoms with E-state index in [9.17, 15) is 4.79 Å². The van der Waals surface area contributed by atoms with Gasteiger partial charge in [-0.15, -0.1) is 0 Å². The Hall–Kier alpha value is -1.75. The predicted octanol–water partition coefficient (Wildman–Crippen LogP) is 1.30. The van der Waals surface area contributed by atoms with Crippen LogP contribution < -0.4 is 16.2 Å². The lowest BCUT2D eigenvalue weighted by molar-refractivity contribution is 0.0996. The van der Waals surface area contributed by atoms with Gasteiger partial charge in [0.2, 0.25) is 0 Å². The van der Waals surface area contributed by atoms with Crippen molar-refractivity contribution in [3.05, 3.63) is 23.8 Å². The molecule has 0 fully saturated rings. The van der Waals surface area contributed by atoms with Crippen LogP contribution in [0, 0.1) is 0 Å². The molecule has 0 spiro atoms. The number of aliphatic hydroxyl groups excluding tert-OH is 1. The molecule has 0 aliphatic carbocycles. The molecule has 5 nitrogen and oxygen atoms in total. The number of carbonyl (C=O) groups excluding carboxylic acids is 1. The van der Waals surface area contributed by atoms with Crippen molar-refractivity contribution >= 4 is 11.6 Å². The summed E-state index contributed by atoms with van der Waals surface area (Å²) >= 11 is 0. The molecular formula is C13H20N2O3. The molecule has 18 heavy (non-hydrogen) atoms. The number of unbranched alkanes of at least 4 members (excludes halogenated alkanes) is 3. The topological polar surface area (TPSA) is 98.6 Å². The molecule has 100 valence electrons. The number of benzene rings is 1. The van der Waals surface area contributed by atoms with E-state index in [0.717, 1.165) is 25.7 Å². The summed E-state index contributed by atoms with van der Waals surface area (Å²) in [6.45, 7) is 0.733. The molecule has 5 N–H and O–H groups in total.